The van der Waals surface area contributed by atoms with Crippen molar-refractivity contribution in [3.8, 4) is 5.75 Å². The van der Waals surface area contributed by atoms with Crippen LogP contribution in [-0.4, -0.2) is 29.2 Å². The average molecular weight is 466 g/mol. The first-order valence-electron chi connectivity index (χ1n) is 12.1. The van der Waals surface area contributed by atoms with Gasteiger partial charge in [-0.1, -0.05) is 81.4 Å². The van der Waals surface area contributed by atoms with Crippen molar-refractivity contribution in [1.29, 1.82) is 0 Å². The lowest BCUT2D eigenvalue weighted by Gasteiger charge is -2.45. The summed E-state index contributed by atoms with van der Waals surface area (Å²) in [5.74, 6) is -2.11. The zero-order chi connectivity index (χ0) is 24.5. The molecule has 3 aromatic rings. The number of likely N-dealkylation sites (tertiary alicyclic amines) is 1. The van der Waals surface area contributed by atoms with Crippen LogP contribution in [0.4, 0.5) is 0 Å². The van der Waals surface area contributed by atoms with Gasteiger partial charge in [-0.3, -0.25) is 14.5 Å². The molecule has 2 bridgehead atoms. The Morgan fingerprint density at radius 3 is 1.57 bits per heavy atom. The lowest BCUT2D eigenvalue weighted by atomic mass is 9.55. The molecule has 0 saturated carbocycles. The molecular weight excluding hydrogens is 438 g/mol. The second-order valence-corrected chi connectivity index (χ2v) is 10.8. The average Bonchev–Trinajstić information content (AvgIpc) is 3.09. The number of ether oxygens (including phenoxy) is 1. The molecule has 3 aliphatic carbocycles. The minimum absolute atomic E-state index is 0.0122. The third kappa shape index (κ3) is 3.25. The van der Waals surface area contributed by atoms with Crippen molar-refractivity contribution in [2.75, 3.05) is 6.54 Å². The van der Waals surface area contributed by atoms with Crippen molar-refractivity contribution >= 4 is 17.8 Å². The van der Waals surface area contributed by atoms with E-state index < -0.39 is 17.8 Å². The molecule has 1 fully saturated rings. The molecule has 0 N–H and O–H groups in total. The molecule has 0 spiro atoms. The molecule has 4 aliphatic rings. The van der Waals surface area contributed by atoms with Gasteiger partial charge in [0.25, 0.3) is 0 Å². The summed E-state index contributed by atoms with van der Waals surface area (Å²) in [6, 6.07) is 23.5. The summed E-state index contributed by atoms with van der Waals surface area (Å²) >= 11 is 0. The van der Waals surface area contributed by atoms with Crippen LogP contribution in [0.25, 0.3) is 0 Å². The summed E-state index contributed by atoms with van der Waals surface area (Å²) in [6.07, 6.45) is 0. The lowest BCUT2D eigenvalue weighted by molar-refractivity contribution is -0.148. The fourth-order valence-corrected chi connectivity index (χ4v) is 6.21. The van der Waals surface area contributed by atoms with E-state index in [1.165, 1.54) is 0 Å². The van der Waals surface area contributed by atoms with E-state index in [-0.39, 0.29) is 35.6 Å². The quantitative estimate of drug-likeness (QED) is 0.317. The molecule has 35 heavy (non-hydrogen) atoms. The maximum atomic E-state index is 13.6. The number of benzene rings is 3. The lowest BCUT2D eigenvalue weighted by Crippen LogP contribution is -2.41. The molecule has 2 amide bonds. The number of hydrogen-bond donors (Lipinski definition) is 0. The number of nitrogens with zero attached hydrogens (tertiary/aromatic N) is 1. The van der Waals surface area contributed by atoms with Gasteiger partial charge < -0.3 is 4.74 Å². The van der Waals surface area contributed by atoms with Gasteiger partial charge in [0.05, 0.1) is 11.8 Å². The zero-order valence-electron chi connectivity index (χ0n) is 20.0. The summed E-state index contributed by atoms with van der Waals surface area (Å²) in [6.45, 7) is 5.96. The molecule has 5 heteroatoms. The first-order valence-corrected chi connectivity index (χ1v) is 12.1. The summed E-state index contributed by atoms with van der Waals surface area (Å²) in [4.78, 5) is 41.1. The molecule has 2 unspecified atom stereocenters. The van der Waals surface area contributed by atoms with Gasteiger partial charge in [-0.25, -0.2) is 4.79 Å². The molecule has 176 valence electrons. The van der Waals surface area contributed by atoms with Crippen LogP contribution in [0.15, 0.2) is 72.8 Å². The number of carbonyl (C=O) groups is 3. The summed E-state index contributed by atoms with van der Waals surface area (Å²) in [5.41, 5.74) is 5.57. The number of imide groups is 1. The third-order valence-corrected chi connectivity index (χ3v) is 7.78. The Balaban J connectivity index is 1.28. The fourth-order valence-electron chi connectivity index (χ4n) is 6.21. The van der Waals surface area contributed by atoms with E-state index in [0.29, 0.717) is 5.75 Å². The van der Waals surface area contributed by atoms with Crippen molar-refractivity contribution in [3.63, 3.8) is 0 Å². The third-order valence-electron chi connectivity index (χ3n) is 7.78. The van der Waals surface area contributed by atoms with Crippen LogP contribution < -0.4 is 4.74 Å². The number of carbonyl (C=O) groups excluding carboxylic acids is 3. The summed E-state index contributed by atoms with van der Waals surface area (Å²) in [5, 5.41) is 0. The summed E-state index contributed by atoms with van der Waals surface area (Å²) < 4.78 is 5.50. The molecule has 5 nitrogen and oxygen atoms in total. The van der Waals surface area contributed by atoms with Crippen LogP contribution in [0.3, 0.4) is 0 Å². The van der Waals surface area contributed by atoms with Crippen LogP contribution in [0.2, 0.25) is 0 Å². The second kappa shape index (κ2) is 7.64. The van der Waals surface area contributed by atoms with Crippen LogP contribution in [0, 0.1) is 11.8 Å². The van der Waals surface area contributed by atoms with Gasteiger partial charge in [-0.15, -0.1) is 0 Å². The first-order chi connectivity index (χ1) is 16.8. The minimum Gasteiger partial charge on any atom is -0.425 e. The maximum Gasteiger partial charge on any atom is 0.331 e. The van der Waals surface area contributed by atoms with E-state index in [1.54, 1.807) is 12.1 Å². The highest BCUT2D eigenvalue weighted by Gasteiger charge is 2.61. The van der Waals surface area contributed by atoms with E-state index in [0.717, 1.165) is 32.7 Å². The predicted octanol–water partition coefficient (Wildman–Crippen LogP) is 4.78. The standard InChI is InChI=1S/C30H27NO4/c1-30(2,3)17-12-14-18(15-13-17)35-23(32)16-31-28(33)26-24-19-8-4-5-9-20(19)25(27(26)29(31)34)22-11-7-6-10-21(22)24/h4-15,24-27H,16H2,1-3H3. The number of hydrogen-bond acceptors (Lipinski definition) is 4. The van der Waals surface area contributed by atoms with E-state index >= 15 is 0 Å². The van der Waals surface area contributed by atoms with Crippen molar-refractivity contribution in [1.82, 2.24) is 4.90 Å². The van der Waals surface area contributed by atoms with Crippen LogP contribution >= 0.6 is 0 Å². The van der Waals surface area contributed by atoms with E-state index in [1.807, 2.05) is 36.4 Å². The van der Waals surface area contributed by atoms with Gasteiger partial charge in [0, 0.05) is 11.8 Å². The second-order valence-electron chi connectivity index (χ2n) is 10.8. The Morgan fingerprint density at radius 2 is 1.17 bits per heavy atom. The van der Waals surface area contributed by atoms with E-state index in [4.69, 9.17) is 4.74 Å². The van der Waals surface area contributed by atoms with Crippen molar-refractivity contribution < 1.29 is 19.1 Å². The van der Waals surface area contributed by atoms with Crippen molar-refractivity contribution in [3.05, 3.63) is 101 Å². The monoisotopic (exact) mass is 465 g/mol. The Labute approximate surface area is 204 Å². The van der Waals surface area contributed by atoms with Gasteiger partial charge >= 0.3 is 5.97 Å². The Hall–Kier alpha value is -3.73. The Morgan fingerprint density at radius 1 is 0.743 bits per heavy atom. The maximum absolute atomic E-state index is 13.6. The van der Waals surface area contributed by atoms with Crippen LogP contribution in [-0.2, 0) is 19.8 Å². The molecule has 0 radical (unpaired) electrons. The Bertz CT molecular complexity index is 1250. The predicted molar refractivity (Wildman–Crippen MR) is 131 cm³/mol. The summed E-state index contributed by atoms with van der Waals surface area (Å²) in [7, 11) is 0. The fraction of sp³-hybridized carbons (Fsp3) is 0.300. The number of amides is 2. The minimum atomic E-state index is -0.615. The van der Waals surface area contributed by atoms with E-state index in [9.17, 15) is 14.4 Å². The van der Waals surface area contributed by atoms with Gasteiger partial charge in [0.1, 0.15) is 12.3 Å². The SMILES string of the molecule is CC(C)(C)c1ccc(OC(=O)CN2C(=O)C3C4c5ccccc5C(c5ccccc54)C3C2=O)cc1. The Kier molecular flexibility index (Phi) is 4.75. The molecule has 7 rings (SSSR count). The van der Waals surface area contributed by atoms with Crippen LogP contribution in [0.1, 0.15) is 60.4 Å². The zero-order valence-corrected chi connectivity index (χ0v) is 20.0. The van der Waals surface area contributed by atoms with Crippen molar-refractivity contribution in [2.45, 2.75) is 38.0 Å². The van der Waals surface area contributed by atoms with Gasteiger partial charge in [-0.05, 0) is 45.4 Å². The molecule has 1 saturated heterocycles. The first kappa shape index (κ1) is 21.8. The van der Waals surface area contributed by atoms with Gasteiger partial charge in [0.15, 0.2) is 0 Å². The van der Waals surface area contributed by atoms with E-state index in [2.05, 4.69) is 45.0 Å². The van der Waals surface area contributed by atoms with Crippen molar-refractivity contribution in [2.24, 2.45) is 11.8 Å². The topological polar surface area (TPSA) is 63.7 Å². The molecule has 0 aromatic heterocycles. The molecule has 3 aromatic carbocycles. The molecule has 2 atom stereocenters. The highest BCUT2D eigenvalue weighted by Crippen LogP contribution is 2.60. The van der Waals surface area contributed by atoms with Gasteiger partial charge in [-0.2, -0.15) is 0 Å². The smallest absolute Gasteiger partial charge is 0.331 e. The normalized spacial score (nSPS) is 24.1. The largest absolute Gasteiger partial charge is 0.425 e. The highest BCUT2D eigenvalue weighted by atomic mass is 16.5. The van der Waals surface area contributed by atoms with Crippen LogP contribution in [0.5, 0.6) is 5.75 Å². The molecular formula is C30H27NO4. The number of esters is 1. The molecule has 1 aliphatic heterocycles. The molecule has 1 heterocycles. The highest BCUT2D eigenvalue weighted by molar-refractivity contribution is 6.09. The van der Waals surface area contributed by atoms with Gasteiger partial charge in [0.2, 0.25) is 11.8 Å². The number of rotatable bonds is 3.